The first kappa shape index (κ1) is 17.3. The third-order valence-corrected chi connectivity index (χ3v) is 5.48. The summed E-state index contributed by atoms with van der Waals surface area (Å²) in [5, 5.41) is 9.59. The van der Waals surface area contributed by atoms with Crippen LogP contribution in [0.3, 0.4) is 0 Å². The number of hydrogen-bond acceptors (Lipinski definition) is 5. The largest absolute Gasteiger partial charge is 0.369 e. The normalized spacial score (nSPS) is 19.2. The highest BCUT2D eigenvalue weighted by molar-refractivity contribution is 6.04. The van der Waals surface area contributed by atoms with E-state index < -0.39 is 0 Å². The van der Waals surface area contributed by atoms with E-state index in [-0.39, 0.29) is 17.1 Å². The summed E-state index contributed by atoms with van der Waals surface area (Å²) in [6, 6.07) is 5.60. The second-order valence-electron chi connectivity index (χ2n) is 7.30. The maximum atomic E-state index is 12.1. The molecule has 1 aromatic heterocycles. The van der Waals surface area contributed by atoms with E-state index in [0.29, 0.717) is 22.5 Å². The van der Waals surface area contributed by atoms with Crippen molar-refractivity contribution in [3.05, 3.63) is 34.7 Å². The highest BCUT2D eigenvalue weighted by atomic mass is 16.1. The van der Waals surface area contributed by atoms with Crippen LogP contribution in [-0.4, -0.2) is 34.5 Å². The number of hydrogen-bond donors (Lipinski definition) is 0. The van der Waals surface area contributed by atoms with Gasteiger partial charge in [0.15, 0.2) is 11.6 Å². The van der Waals surface area contributed by atoms with E-state index in [4.69, 9.17) is 0 Å². The molecule has 3 rings (SSSR count). The fraction of sp³-hybridized carbons (Fsp3) is 0.500. The molecule has 0 radical (unpaired) electrons. The van der Waals surface area contributed by atoms with Gasteiger partial charge < -0.3 is 4.90 Å². The number of Topliss-reactive ketones (excluding diaryl/α,β-unsaturated/α-hetero) is 2. The molecule has 2 heterocycles. The van der Waals surface area contributed by atoms with E-state index in [2.05, 4.69) is 16.0 Å². The molecule has 25 heavy (non-hydrogen) atoms. The average molecular weight is 337 g/mol. The molecule has 1 aliphatic heterocycles. The third kappa shape index (κ3) is 3.34. The summed E-state index contributed by atoms with van der Waals surface area (Å²) >= 11 is 0. The highest BCUT2D eigenvalue weighted by Crippen LogP contribution is 2.54. The Morgan fingerprint density at radius 1 is 1.16 bits per heavy atom. The molecule has 0 aromatic carbocycles. The maximum absolute atomic E-state index is 12.1. The number of rotatable bonds is 4. The van der Waals surface area contributed by atoms with Gasteiger partial charge in [-0.1, -0.05) is 6.07 Å². The summed E-state index contributed by atoms with van der Waals surface area (Å²) in [4.78, 5) is 30.5. The van der Waals surface area contributed by atoms with Gasteiger partial charge in [0.25, 0.3) is 0 Å². The Balaban J connectivity index is 2.09. The van der Waals surface area contributed by atoms with Gasteiger partial charge >= 0.3 is 0 Å². The Hall–Kier alpha value is -2.48. The Morgan fingerprint density at radius 2 is 1.80 bits per heavy atom. The van der Waals surface area contributed by atoms with Gasteiger partial charge in [0.05, 0.1) is 11.4 Å². The number of aromatic nitrogens is 1. The summed E-state index contributed by atoms with van der Waals surface area (Å²) in [7, 11) is 0. The minimum atomic E-state index is -0.265. The molecule has 1 spiro atoms. The van der Waals surface area contributed by atoms with Gasteiger partial charge in [0.1, 0.15) is 17.3 Å². The molecule has 2 fully saturated rings. The van der Waals surface area contributed by atoms with Crippen LogP contribution in [0.15, 0.2) is 17.7 Å². The number of nitriles is 1. The molecule has 1 aliphatic carbocycles. The van der Waals surface area contributed by atoms with E-state index in [0.717, 1.165) is 31.5 Å². The van der Waals surface area contributed by atoms with Crippen molar-refractivity contribution in [2.45, 2.75) is 46.5 Å². The molecule has 5 heteroatoms. The van der Waals surface area contributed by atoms with Gasteiger partial charge in [-0.2, -0.15) is 5.26 Å². The number of ketones is 2. The molecule has 0 atom stereocenters. The number of carbonyl (C=O) groups is 2. The minimum Gasteiger partial charge on any atom is -0.369 e. The maximum Gasteiger partial charge on any atom is 0.178 e. The SMILES string of the molecule is CC(=O)/C(C#N)=C(\c1nc(C(C)=O)ccc1C)N1CCC2(CC1)CC2. The lowest BCUT2D eigenvalue weighted by Crippen LogP contribution is -2.35. The van der Waals surface area contributed by atoms with Crippen LogP contribution < -0.4 is 0 Å². The number of likely N-dealkylation sites (tertiary alicyclic amines) is 1. The van der Waals surface area contributed by atoms with E-state index in [9.17, 15) is 14.9 Å². The van der Waals surface area contributed by atoms with Crippen LogP contribution in [0.2, 0.25) is 0 Å². The van der Waals surface area contributed by atoms with Crippen LogP contribution in [0.25, 0.3) is 5.70 Å². The van der Waals surface area contributed by atoms with Crippen LogP contribution in [0.4, 0.5) is 0 Å². The van der Waals surface area contributed by atoms with Gasteiger partial charge in [-0.05, 0) is 56.6 Å². The summed E-state index contributed by atoms with van der Waals surface area (Å²) in [6.07, 6.45) is 4.74. The molecule has 0 unspecified atom stereocenters. The molecule has 0 bridgehead atoms. The molecule has 130 valence electrons. The fourth-order valence-corrected chi connectivity index (χ4v) is 3.57. The quantitative estimate of drug-likeness (QED) is 0.479. The van der Waals surface area contributed by atoms with Gasteiger partial charge in [-0.25, -0.2) is 4.98 Å². The molecule has 2 aliphatic rings. The van der Waals surface area contributed by atoms with Crippen LogP contribution >= 0.6 is 0 Å². The predicted octanol–water partition coefficient (Wildman–Crippen LogP) is 3.29. The van der Waals surface area contributed by atoms with Crippen molar-refractivity contribution in [3.63, 3.8) is 0 Å². The molecule has 0 amide bonds. The van der Waals surface area contributed by atoms with E-state index in [1.54, 1.807) is 6.07 Å². The molecule has 1 aromatic rings. The van der Waals surface area contributed by atoms with Crippen LogP contribution in [0.1, 0.15) is 61.3 Å². The first-order chi connectivity index (χ1) is 11.9. The van der Waals surface area contributed by atoms with Crippen molar-refractivity contribution in [2.75, 3.05) is 13.1 Å². The van der Waals surface area contributed by atoms with Crippen molar-refractivity contribution >= 4 is 17.3 Å². The Morgan fingerprint density at radius 3 is 2.28 bits per heavy atom. The zero-order valence-corrected chi connectivity index (χ0v) is 15.1. The van der Waals surface area contributed by atoms with Crippen molar-refractivity contribution in [3.8, 4) is 6.07 Å². The lowest BCUT2D eigenvalue weighted by Gasteiger charge is -2.36. The van der Waals surface area contributed by atoms with Gasteiger partial charge in [-0.15, -0.1) is 0 Å². The Labute approximate surface area is 148 Å². The number of allylic oxidation sites excluding steroid dienone is 1. The molecule has 5 nitrogen and oxygen atoms in total. The highest BCUT2D eigenvalue weighted by Gasteiger charge is 2.45. The van der Waals surface area contributed by atoms with Crippen molar-refractivity contribution in [1.82, 2.24) is 9.88 Å². The first-order valence-corrected chi connectivity index (χ1v) is 8.76. The number of nitrogens with zero attached hydrogens (tertiary/aromatic N) is 3. The van der Waals surface area contributed by atoms with Crippen LogP contribution in [-0.2, 0) is 4.79 Å². The second-order valence-corrected chi connectivity index (χ2v) is 7.30. The van der Waals surface area contributed by atoms with E-state index >= 15 is 0 Å². The lowest BCUT2D eigenvalue weighted by molar-refractivity contribution is -0.113. The summed E-state index contributed by atoms with van der Waals surface area (Å²) in [6.45, 7) is 6.42. The Kier molecular flexibility index (Phi) is 4.47. The smallest absolute Gasteiger partial charge is 0.178 e. The number of carbonyl (C=O) groups excluding carboxylic acids is 2. The summed E-state index contributed by atoms with van der Waals surface area (Å²) in [5.41, 5.74) is 3.00. The average Bonchev–Trinajstić information content (AvgIpc) is 3.33. The molecular weight excluding hydrogens is 314 g/mol. The zero-order chi connectivity index (χ0) is 18.2. The first-order valence-electron chi connectivity index (χ1n) is 8.76. The van der Waals surface area contributed by atoms with E-state index in [1.807, 2.05) is 13.0 Å². The van der Waals surface area contributed by atoms with Crippen molar-refractivity contribution < 1.29 is 9.59 Å². The predicted molar refractivity (Wildman–Crippen MR) is 94.7 cm³/mol. The molecular formula is C20H23N3O2. The Bertz CT molecular complexity index is 803. The zero-order valence-electron chi connectivity index (χ0n) is 15.1. The minimum absolute atomic E-state index is 0.127. The molecule has 1 saturated heterocycles. The number of aryl methyl sites for hydroxylation is 1. The van der Waals surface area contributed by atoms with Gasteiger partial charge in [0.2, 0.25) is 0 Å². The van der Waals surface area contributed by atoms with Crippen molar-refractivity contribution in [1.29, 1.82) is 5.26 Å². The lowest BCUT2D eigenvalue weighted by atomic mass is 9.92. The summed E-state index contributed by atoms with van der Waals surface area (Å²) in [5.74, 6) is -0.392. The number of pyridine rings is 1. The van der Waals surface area contributed by atoms with Gasteiger partial charge in [0, 0.05) is 20.0 Å². The topological polar surface area (TPSA) is 74.1 Å². The second kappa shape index (κ2) is 6.44. The third-order valence-electron chi connectivity index (χ3n) is 5.48. The van der Waals surface area contributed by atoms with Crippen LogP contribution in [0.5, 0.6) is 0 Å². The molecule has 1 saturated carbocycles. The monoisotopic (exact) mass is 337 g/mol. The fourth-order valence-electron chi connectivity index (χ4n) is 3.57. The standard InChI is InChI=1S/C20H23N3O2/c1-13-4-5-17(15(3)25)22-18(13)19(16(12-21)14(2)24)23-10-8-20(6-7-20)9-11-23/h4-5H,6-11H2,1-3H3/b19-16+. The van der Waals surface area contributed by atoms with Gasteiger partial charge in [-0.3, -0.25) is 9.59 Å². The van der Waals surface area contributed by atoms with E-state index in [1.165, 1.54) is 26.7 Å². The number of piperidine rings is 1. The van der Waals surface area contributed by atoms with Crippen LogP contribution in [0, 0.1) is 23.7 Å². The van der Waals surface area contributed by atoms with Crippen molar-refractivity contribution in [2.24, 2.45) is 5.41 Å². The summed E-state index contributed by atoms with van der Waals surface area (Å²) < 4.78 is 0. The molecule has 0 N–H and O–H groups in total.